The number of nitrogens with one attached hydrogen (secondary N) is 2. The number of carbonyl (C=O) groups is 1. The van der Waals surface area contributed by atoms with Crippen LogP contribution in [0, 0.1) is 6.92 Å². The molecule has 30 heavy (non-hydrogen) atoms. The van der Waals surface area contributed by atoms with Gasteiger partial charge in [-0.15, -0.1) is 0 Å². The Morgan fingerprint density at radius 2 is 1.63 bits per heavy atom. The van der Waals surface area contributed by atoms with Crippen molar-refractivity contribution in [1.29, 1.82) is 0 Å². The van der Waals surface area contributed by atoms with Crippen molar-refractivity contribution in [3.05, 3.63) is 53.6 Å². The minimum absolute atomic E-state index is 0.0720. The van der Waals surface area contributed by atoms with Gasteiger partial charge in [0.1, 0.15) is 0 Å². The summed E-state index contributed by atoms with van der Waals surface area (Å²) in [5, 5.41) is 5.38. The van der Waals surface area contributed by atoms with E-state index in [2.05, 4.69) is 10.6 Å². The van der Waals surface area contributed by atoms with Gasteiger partial charge in [-0.25, -0.2) is 8.42 Å². The third-order valence-corrected chi connectivity index (χ3v) is 6.54. The van der Waals surface area contributed by atoms with Gasteiger partial charge in [0, 0.05) is 24.5 Å². The predicted molar refractivity (Wildman–Crippen MR) is 110 cm³/mol. The number of carbonyl (C=O) groups excluding carboxylic acids is 1. The zero-order valence-corrected chi connectivity index (χ0v) is 17.7. The molecule has 0 radical (unpaired) electrons. The number of hydrogen-bond donors (Lipinski definition) is 2. The number of alkyl halides is 3. The second-order valence-corrected chi connectivity index (χ2v) is 8.48. The van der Waals surface area contributed by atoms with E-state index in [0.717, 1.165) is 12.1 Å². The largest absolute Gasteiger partial charge is 0.416 e. The molecule has 0 heterocycles. The average Bonchev–Trinajstić information content (AvgIpc) is 2.68. The van der Waals surface area contributed by atoms with Crippen LogP contribution in [-0.2, 0) is 21.0 Å². The van der Waals surface area contributed by atoms with Crippen LogP contribution >= 0.6 is 0 Å². The fourth-order valence-corrected chi connectivity index (χ4v) is 4.25. The molecule has 164 valence electrons. The monoisotopic (exact) mass is 443 g/mol. The molecule has 0 spiro atoms. The van der Waals surface area contributed by atoms with Crippen LogP contribution in [-0.4, -0.2) is 38.3 Å². The van der Waals surface area contributed by atoms with Gasteiger partial charge in [-0.3, -0.25) is 4.79 Å². The fourth-order valence-electron chi connectivity index (χ4n) is 2.76. The highest BCUT2D eigenvalue weighted by Gasteiger charge is 2.30. The van der Waals surface area contributed by atoms with Gasteiger partial charge in [-0.1, -0.05) is 19.9 Å². The molecular weight excluding hydrogens is 419 g/mol. The van der Waals surface area contributed by atoms with Crippen LogP contribution in [0.1, 0.15) is 25.0 Å². The van der Waals surface area contributed by atoms with E-state index in [1.807, 2.05) is 0 Å². The third kappa shape index (κ3) is 5.73. The number of sulfonamides is 1. The van der Waals surface area contributed by atoms with Crippen LogP contribution in [0.2, 0.25) is 0 Å². The first-order valence-electron chi connectivity index (χ1n) is 9.30. The number of amides is 1. The molecular formula is C20H24F3N3O3S. The van der Waals surface area contributed by atoms with Crippen molar-refractivity contribution >= 4 is 27.3 Å². The number of hydrogen-bond acceptors (Lipinski definition) is 4. The van der Waals surface area contributed by atoms with Crippen LogP contribution < -0.4 is 10.6 Å². The zero-order chi connectivity index (χ0) is 22.5. The van der Waals surface area contributed by atoms with E-state index in [0.29, 0.717) is 30.0 Å². The van der Waals surface area contributed by atoms with Crippen molar-refractivity contribution in [2.75, 3.05) is 30.3 Å². The minimum Gasteiger partial charge on any atom is -0.376 e. The normalized spacial score (nSPS) is 12.1. The molecule has 0 bridgehead atoms. The molecule has 0 unspecified atom stereocenters. The first kappa shape index (κ1) is 23.7. The summed E-state index contributed by atoms with van der Waals surface area (Å²) in [6.07, 6.45) is -4.43. The maximum atomic E-state index is 12.7. The number of halogens is 3. The van der Waals surface area contributed by atoms with Gasteiger partial charge in [0.2, 0.25) is 15.9 Å². The summed E-state index contributed by atoms with van der Waals surface area (Å²) in [5.41, 5.74) is 0.603. The molecule has 2 aromatic carbocycles. The molecule has 0 saturated carbocycles. The molecule has 0 aliphatic carbocycles. The van der Waals surface area contributed by atoms with Crippen molar-refractivity contribution in [2.45, 2.75) is 31.8 Å². The maximum Gasteiger partial charge on any atom is 0.416 e. The highest BCUT2D eigenvalue weighted by atomic mass is 32.2. The summed E-state index contributed by atoms with van der Waals surface area (Å²) >= 11 is 0. The summed E-state index contributed by atoms with van der Waals surface area (Å²) in [5.74, 6) is -0.463. The minimum atomic E-state index is -4.43. The zero-order valence-electron chi connectivity index (χ0n) is 16.9. The summed E-state index contributed by atoms with van der Waals surface area (Å²) in [6.45, 7) is 5.66. The van der Waals surface area contributed by atoms with Crippen LogP contribution in [0.4, 0.5) is 24.5 Å². The number of rotatable bonds is 8. The Labute approximate surface area is 174 Å². The number of anilines is 2. The second kappa shape index (κ2) is 9.48. The summed E-state index contributed by atoms with van der Waals surface area (Å²) in [7, 11) is -3.67. The topological polar surface area (TPSA) is 78.5 Å². The maximum absolute atomic E-state index is 12.7. The molecule has 10 heteroatoms. The van der Waals surface area contributed by atoms with Crippen LogP contribution in [0.25, 0.3) is 0 Å². The van der Waals surface area contributed by atoms with Crippen LogP contribution in [0.3, 0.4) is 0 Å². The van der Waals surface area contributed by atoms with Gasteiger partial charge in [0.15, 0.2) is 0 Å². The van der Waals surface area contributed by atoms with Gasteiger partial charge in [-0.2, -0.15) is 17.5 Å². The van der Waals surface area contributed by atoms with Gasteiger partial charge in [0.25, 0.3) is 0 Å². The van der Waals surface area contributed by atoms with Crippen molar-refractivity contribution in [1.82, 2.24) is 4.31 Å². The van der Waals surface area contributed by atoms with Crippen molar-refractivity contribution < 1.29 is 26.4 Å². The lowest BCUT2D eigenvalue weighted by Crippen LogP contribution is -2.30. The summed E-state index contributed by atoms with van der Waals surface area (Å²) < 4.78 is 64.4. The van der Waals surface area contributed by atoms with Gasteiger partial charge in [-0.05, 0) is 48.9 Å². The molecule has 0 aliphatic heterocycles. The quantitative estimate of drug-likeness (QED) is 0.644. The molecule has 0 fully saturated rings. The van der Waals surface area contributed by atoms with Gasteiger partial charge >= 0.3 is 6.18 Å². The lowest BCUT2D eigenvalue weighted by molar-refractivity contribution is -0.137. The Bertz CT molecular complexity index is 987. The van der Waals surface area contributed by atoms with E-state index in [4.69, 9.17) is 0 Å². The first-order valence-corrected chi connectivity index (χ1v) is 10.7. The van der Waals surface area contributed by atoms with E-state index >= 15 is 0 Å². The molecule has 2 rings (SSSR count). The lowest BCUT2D eigenvalue weighted by Gasteiger charge is -2.19. The molecule has 0 saturated heterocycles. The Morgan fingerprint density at radius 1 is 1.03 bits per heavy atom. The van der Waals surface area contributed by atoms with Gasteiger partial charge < -0.3 is 10.6 Å². The molecule has 0 atom stereocenters. The predicted octanol–water partition coefficient (Wildman–Crippen LogP) is 4.09. The van der Waals surface area contributed by atoms with E-state index in [9.17, 15) is 26.4 Å². The Hall–Kier alpha value is -2.59. The fraction of sp³-hybridized carbons (Fsp3) is 0.350. The Balaban J connectivity index is 2.08. The molecule has 0 aromatic heterocycles. The van der Waals surface area contributed by atoms with E-state index < -0.39 is 27.7 Å². The molecule has 0 aliphatic rings. The van der Waals surface area contributed by atoms with E-state index in [1.54, 1.807) is 26.8 Å². The van der Waals surface area contributed by atoms with Crippen molar-refractivity contribution in [2.24, 2.45) is 0 Å². The lowest BCUT2D eigenvalue weighted by atomic mass is 10.2. The number of nitrogens with zero attached hydrogens (tertiary/aromatic N) is 1. The SMILES string of the molecule is CCN(CC)S(=O)(=O)c1ccc(C)c(NC(=O)CNc2ccc(C(F)(F)F)cc2)c1. The van der Waals surface area contributed by atoms with E-state index in [1.165, 1.54) is 28.6 Å². The summed E-state index contributed by atoms with van der Waals surface area (Å²) in [6, 6.07) is 8.81. The molecule has 6 nitrogen and oxygen atoms in total. The molecule has 2 aromatic rings. The third-order valence-electron chi connectivity index (χ3n) is 4.49. The highest BCUT2D eigenvalue weighted by Crippen LogP contribution is 2.29. The van der Waals surface area contributed by atoms with Crippen molar-refractivity contribution in [3.63, 3.8) is 0 Å². The Morgan fingerprint density at radius 3 is 2.17 bits per heavy atom. The van der Waals surface area contributed by atoms with Crippen LogP contribution in [0.5, 0.6) is 0 Å². The van der Waals surface area contributed by atoms with Crippen LogP contribution in [0.15, 0.2) is 47.4 Å². The first-order chi connectivity index (χ1) is 14.0. The summed E-state index contributed by atoms with van der Waals surface area (Å²) in [4.78, 5) is 12.3. The second-order valence-electron chi connectivity index (χ2n) is 6.54. The Kier molecular flexibility index (Phi) is 7.49. The highest BCUT2D eigenvalue weighted by molar-refractivity contribution is 7.89. The van der Waals surface area contributed by atoms with Gasteiger partial charge in [0.05, 0.1) is 17.0 Å². The average molecular weight is 443 g/mol. The molecule has 1 amide bonds. The smallest absolute Gasteiger partial charge is 0.376 e. The van der Waals surface area contributed by atoms with Crippen molar-refractivity contribution in [3.8, 4) is 0 Å². The number of benzene rings is 2. The standard InChI is InChI=1S/C20H24F3N3O3S/c1-4-26(5-2)30(28,29)17-11-6-14(3)18(12-17)25-19(27)13-24-16-9-7-15(8-10-16)20(21,22)23/h6-12,24H,4-5,13H2,1-3H3,(H,25,27). The molecule has 2 N–H and O–H groups in total. The van der Waals surface area contributed by atoms with E-state index in [-0.39, 0.29) is 11.4 Å². The number of aryl methyl sites for hydroxylation is 1.